The average Bonchev–Trinajstić information content (AvgIpc) is 2.49. The van der Waals surface area contributed by atoms with Crippen molar-refractivity contribution in [3.8, 4) is 0 Å². The number of aryl methyl sites for hydroxylation is 1. The molecule has 2 N–H and O–H groups in total. The molecule has 0 bridgehead atoms. The van der Waals surface area contributed by atoms with Crippen LogP contribution >= 0.6 is 0 Å². The first-order valence-electron chi connectivity index (χ1n) is 6.86. The van der Waals surface area contributed by atoms with Crippen LogP contribution in [-0.2, 0) is 0 Å². The van der Waals surface area contributed by atoms with Gasteiger partial charge in [0.25, 0.3) is 5.91 Å². The van der Waals surface area contributed by atoms with Crippen LogP contribution in [0.25, 0.3) is 0 Å². The fourth-order valence-corrected chi connectivity index (χ4v) is 2.11. The summed E-state index contributed by atoms with van der Waals surface area (Å²) in [6.07, 6.45) is 0. The monoisotopic (exact) mass is 286 g/mol. The molecule has 0 aliphatic rings. The molecule has 0 heterocycles. The number of hydrogen-bond acceptors (Lipinski definition) is 2. The normalized spacial score (nSPS) is 11.8. The third kappa shape index (κ3) is 3.60. The van der Waals surface area contributed by atoms with E-state index in [0.717, 1.165) is 11.3 Å². The second kappa shape index (κ2) is 6.39. The molecule has 0 saturated heterocycles. The van der Waals surface area contributed by atoms with Crippen molar-refractivity contribution in [3.05, 3.63) is 65.0 Å². The zero-order chi connectivity index (χ0) is 15.4. The van der Waals surface area contributed by atoms with Crippen molar-refractivity contribution in [2.75, 3.05) is 12.4 Å². The van der Waals surface area contributed by atoms with Crippen molar-refractivity contribution in [3.63, 3.8) is 0 Å². The largest absolute Gasteiger partial charge is 0.378 e. The third-order valence-corrected chi connectivity index (χ3v) is 3.43. The van der Waals surface area contributed by atoms with E-state index in [0.29, 0.717) is 11.1 Å². The van der Waals surface area contributed by atoms with Crippen molar-refractivity contribution in [1.29, 1.82) is 0 Å². The lowest BCUT2D eigenvalue weighted by atomic mass is 10.1. The zero-order valence-corrected chi connectivity index (χ0v) is 12.4. The Hall–Kier alpha value is -2.36. The van der Waals surface area contributed by atoms with Gasteiger partial charge < -0.3 is 10.6 Å². The second-order valence-electron chi connectivity index (χ2n) is 5.03. The van der Waals surface area contributed by atoms with E-state index in [-0.39, 0.29) is 17.8 Å². The Morgan fingerprint density at radius 1 is 1.19 bits per heavy atom. The summed E-state index contributed by atoms with van der Waals surface area (Å²) < 4.78 is 13.6. The van der Waals surface area contributed by atoms with E-state index in [2.05, 4.69) is 10.6 Å². The molecule has 0 fully saturated rings. The van der Waals surface area contributed by atoms with Crippen molar-refractivity contribution < 1.29 is 9.18 Å². The van der Waals surface area contributed by atoms with Crippen molar-refractivity contribution >= 4 is 11.6 Å². The maximum atomic E-state index is 13.6. The summed E-state index contributed by atoms with van der Waals surface area (Å²) in [5, 5.41) is 5.87. The fourth-order valence-electron chi connectivity index (χ4n) is 2.11. The minimum atomic E-state index is -0.208. The number of hydrogen-bond donors (Lipinski definition) is 2. The molecule has 2 rings (SSSR count). The molecule has 0 spiro atoms. The Morgan fingerprint density at radius 3 is 2.62 bits per heavy atom. The van der Waals surface area contributed by atoms with Gasteiger partial charge in [0.15, 0.2) is 0 Å². The number of halogens is 1. The van der Waals surface area contributed by atoms with Gasteiger partial charge in [-0.15, -0.1) is 0 Å². The van der Waals surface area contributed by atoms with Crippen LogP contribution in [0.2, 0.25) is 0 Å². The lowest BCUT2D eigenvalue weighted by molar-refractivity contribution is 0.0963. The SMILES string of the molecule is CNC(=O)c1cccc(NC(C)c2ccc(C)c(F)c2)c1. The molecular weight excluding hydrogens is 267 g/mol. The Balaban J connectivity index is 2.17. The molecular formula is C17H19FN2O. The fraction of sp³-hybridized carbons (Fsp3) is 0.235. The molecule has 0 saturated carbocycles. The number of carbonyl (C=O) groups is 1. The van der Waals surface area contributed by atoms with Gasteiger partial charge in [0.2, 0.25) is 0 Å². The smallest absolute Gasteiger partial charge is 0.251 e. The third-order valence-electron chi connectivity index (χ3n) is 3.43. The molecule has 2 aromatic carbocycles. The molecule has 3 nitrogen and oxygen atoms in total. The quantitative estimate of drug-likeness (QED) is 0.900. The number of carbonyl (C=O) groups excluding carboxylic acids is 1. The van der Waals surface area contributed by atoms with E-state index in [9.17, 15) is 9.18 Å². The standard InChI is InChI=1S/C17H19FN2O/c1-11-7-8-13(10-16(11)18)12(2)20-15-6-4-5-14(9-15)17(21)19-3/h4-10,12,20H,1-3H3,(H,19,21). The number of amides is 1. The van der Waals surface area contributed by atoms with E-state index in [4.69, 9.17) is 0 Å². The van der Waals surface area contributed by atoms with Crippen LogP contribution in [0.1, 0.15) is 34.5 Å². The number of rotatable bonds is 4. The molecule has 0 aromatic heterocycles. The molecule has 2 aromatic rings. The summed E-state index contributed by atoms with van der Waals surface area (Å²) in [7, 11) is 1.60. The topological polar surface area (TPSA) is 41.1 Å². The van der Waals surface area contributed by atoms with Crippen LogP contribution < -0.4 is 10.6 Å². The van der Waals surface area contributed by atoms with Crippen LogP contribution in [-0.4, -0.2) is 13.0 Å². The van der Waals surface area contributed by atoms with Gasteiger partial charge in [-0.25, -0.2) is 4.39 Å². The predicted octanol–water partition coefficient (Wildman–Crippen LogP) is 3.67. The van der Waals surface area contributed by atoms with Crippen LogP contribution in [0.15, 0.2) is 42.5 Å². The summed E-state index contributed by atoms with van der Waals surface area (Å²) in [4.78, 5) is 11.6. The van der Waals surface area contributed by atoms with E-state index in [1.165, 1.54) is 6.07 Å². The van der Waals surface area contributed by atoms with Gasteiger partial charge in [0.05, 0.1) is 0 Å². The summed E-state index contributed by atoms with van der Waals surface area (Å²) in [5.74, 6) is -0.340. The Bertz CT molecular complexity index is 655. The molecule has 110 valence electrons. The Kier molecular flexibility index (Phi) is 4.58. The zero-order valence-electron chi connectivity index (χ0n) is 12.4. The van der Waals surface area contributed by atoms with E-state index in [1.54, 1.807) is 32.2 Å². The maximum absolute atomic E-state index is 13.6. The highest BCUT2D eigenvalue weighted by Crippen LogP contribution is 2.21. The van der Waals surface area contributed by atoms with Crippen LogP contribution in [0, 0.1) is 12.7 Å². The van der Waals surface area contributed by atoms with Crippen LogP contribution in [0.4, 0.5) is 10.1 Å². The van der Waals surface area contributed by atoms with E-state index < -0.39 is 0 Å². The Labute approximate surface area is 124 Å². The minimum Gasteiger partial charge on any atom is -0.378 e. The second-order valence-corrected chi connectivity index (χ2v) is 5.03. The first-order valence-corrected chi connectivity index (χ1v) is 6.86. The van der Waals surface area contributed by atoms with Gasteiger partial charge in [-0.1, -0.05) is 18.2 Å². The van der Waals surface area contributed by atoms with Gasteiger partial charge in [0, 0.05) is 24.3 Å². The highest BCUT2D eigenvalue weighted by molar-refractivity contribution is 5.94. The van der Waals surface area contributed by atoms with Crippen LogP contribution in [0.3, 0.4) is 0 Å². The summed E-state index contributed by atoms with van der Waals surface area (Å²) in [6, 6.07) is 12.4. The number of benzene rings is 2. The van der Waals surface area contributed by atoms with Gasteiger partial charge in [-0.05, 0) is 49.2 Å². The number of anilines is 1. The maximum Gasteiger partial charge on any atom is 0.251 e. The molecule has 0 aliphatic heterocycles. The summed E-state index contributed by atoms with van der Waals surface area (Å²) in [5.41, 5.74) is 2.91. The summed E-state index contributed by atoms with van der Waals surface area (Å²) >= 11 is 0. The molecule has 21 heavy (non-hydrogen) atoms. The molecule has 1 amide bonds. The van der Waals surface area contributed by atoms with E-state index >= 15 is 0 Å². The number of nitrogens with one attached hydrogen (secondary N) is 2. The van der Waals surface area contributed by atoms with Crippen molar-refractivity contribution in [2.45, 2.75) is 19.9 Å². The molecule has 1 atom stereocenters. The lowest BCUT2D eigenvalue weighted by Crippen LogP contribution is -2.18. The van der Waals surface area contributed by atoms with Gasteiger partial charge >= 0.3 is 0 Å². The predicted molar refractivity (Wildman–Crippen MR) is 83.0 cm³/mol. The van der Waals surface area contributed by atoms with Gasteiger partial charge in [-0.3, -0.25) is 4.79 Å². The van der Waals surface area contributed by atoms with Crippen molar-refractivity contribution in [2.24, 2.45) is 0 Å². The first kappa shape index (κ1) is 15.0. The summed E-state index contributed by atoms with van der Waals surface area (Å²) in [6.45, 7) is 3.70. The molecule has 4 heteroatoms. The highest BCUT2D eigenvalue weighted by atomic mass is 19.1. The van der Waals surface area contributed by atoms with Gasteiger partial charge in [-0.2, -0.15) is 0 Å². The highest BCUT2D eigenvalue weighted by Gasteiger charge is 2.09. The van der Waals surface area contributed by atoms with Crippen LogP contribution in [0.5, 0.6) is 0 Å². The molecule has 0 radical (unpaired) electrons. The van der Waals surface area contributed by atoms with Gasteiger partial charge in [0.1, 0.15) is 5.82 Å². The first-order chi connectivity index (χ1) is 10.0. The average molecular weight is 286 g/mol. The van der Waals surface area contributed by atoms with Crippen molar-refractivity contribution in [1.82, 2.24) is 5.32 Å². The minimum absolute atomic E-state index is 0.0555. The lowest BCUT2D eigenvalue weighted by Gasteiger charge is -2.17. The molecule has 0 aliphatic carbocycles. The van der Waals surface area contributed by atoms with E-state index in [1.807, 2.05) is 25.1 Å². The molecule has 1 unspecified atom stereocenters. The Morgan fingerprint density at radius 2 is 1.95 bits per heavy atom.